The molecule has 6 rings (SSSR count). The van der Waals surface area contributed by atoms with Crippen LogP contribution in [0.15, 0.2) is 60.7 Å². The number of phenols is 1. The van der Waals surface area contributed by atoms with Crippen LogP contribution in [-0.2, 0) is 11.2 Å². The summed E-state index contributed by atoms with van der Waals surface area (Å²) in [5, 5.41) is 25.9. The van der Waals surface area contributed by atoms with Crippen molar-refractivity contribution in [2.45, 2.75) is 18.5 Å². The summed E-state index contributed by atoms with van der Waals surface area (Å²) in [6.45, 7) is 0.167. The van der Waals surface area contributed by atoms with Crippen LogP contribution in [0.1, 0.15) is 28.4 Å². The van der Waals surface area contributed by atoms with E-state index in [0.29, 0.717) is 23.5 Å². The Kier molecular flexibility index (Phi) is 5.73. The second kappa shape index (κ2) is 9.24. The highest BCUT2D eigenvalue weighted by Gasteiger charge is 2.34. The first-order valence-corrected chi connectivity index (χ1v) is 12.0. The minimum Gasteiger partial charge on any atom is -0.500 e. The number of nitro groups is 1. The molecule has 2 atom stereocenters. The molecule has 1 aromatic heterocycles. The van der Waals surface area contributed by atoms with E-state index in [2.05, 4.69) is 10.3 Å². The number of aromatic nitrogens is 1. The molecule has 0 bridgehead atoms. The quantitative estimate of drug-likeness (QED) is 0.196. The van der Waals surface area contributed by atoms with Crippen molar-refractivity contribution in [2.75, 3.05) is 13.9 Å². The van der Waals surface area contributed by atoms with Gasteiger partial charge < -0.3 is 24.3 Å². The Morgan fingerprint density at radius 3 is 2.79 bits per heavy atom. The zero-order valence-corrected chi connectivity index (χ0v) is 20.3. The molecule has 0 saturated heterocycles. The van der Waals surface area contributed by atoms with E-state index in [9.17, 15) is 20.0 Å². The third kappa shape index (κ3) is 4.00. The van der Waals surface area contributed by atoms with Gasteiger partial charge in [0.05, 0.1) is 24.1 Å². The number of rotatable bonds is 6. The number of ketones is 1. The second-order valence-corrected chi connectivity index (χ2v) is 9.12. The third-order valence-corrected chi connectivity index (χ3v) is 6.92. The van der Waals surface area contributed by atoms with E-state index in [0.717, 1.165) is 27.7 Å². The average Bonchev–Trinajstić information content (AvgIpc) is 3.55. The van der Waals surface area contributed by atoms with Crippen molar-refractivity contribution in [3.8, 4) is 23.0 Å². The molecule has 2 aliphatic heterocycles. The maximum atomic E-state index is 13.4. The van der Waals surface area contributed by atoms with Gasteiger partial charge in [0.25, 0.3) is 0 Å². The van der Waals surface area contributed by atoms with E-state index in [-0.39, 0.29) is 24.4 Å². The Morgan fingerprint density at radius 1 is 1.16 bits per heavy atom. The van der Waals surface area contributed by atoms with Gasteiger partial charge in [0.15, 0.2) is 23.0 Å². The summed E-state index contributed by atoms with van der Waals surface area (Å²) in [5.41, 5.74) is 3.79. The number of hydrogen-bond acceptors (Lipinski definition) is 8. The molecule has 192 valence electrons. The molecular weight excluding hydrogens is 490 g/mol. The fraction of sp³-hybridized carbons (Fsp3) is 0.179. The fourth-order valence-electron chi connectivity index (χ4n) is 5.07. The number of nitrogens with one attached hydrogen (secondary N) is 2. The summed E-state index contributed by atoms with van der Waals surface area (Å²) in [7, 11) is 1.30. The highest BCUT2D eigenvalue weighted by molar-refractivity contribution is 5.99. The molecule has 2 aliphatic rings. The van der Waals surface area contributed by atoms with Gasteiger partial charge in [-0.15, -0.1) is 0 Å². The third-order valence-electron chi connectivity index (χ3n) is 6.92. The maximum Gasteiger partial charge on any atom is 0.315 e. The maximum absolute atomic E-state index is 13.4. The lowest BCUT2D eigenvalue weighted by atomic mass is 9.88. The number of methoxy groups -OCH3 is 1. The highest BCUT2D eigenvalue weighted by atomic mass is 16.7. The van der Waals surface area contributed by atoms with Crippen LogP contribution in [0, 0.1) is 10.1 Å². The van der Waals surface area contributed by atoms with Crippen LogP contribution in [-0.4, -0.2) is 40.7 Å². The first kappa shape index (κ1) is 23.6. The van der Waals surface area contributed by atoms with Crippen molar-refractivity contribution >= 4 is 28.4 Å². The minimum atomic E-state index is -0.700. The molecule has 0 saturated carbocycles. The number of hydrogen-bond donors (Lipinski definition) is 3. The molecule has 0 amide bonds. The molecule has 38 heavy (non-hydrogen) atoms. The topological polar surface area (TPSA) is 136 Å². The van der Waals surface area contributed by atoms with Gasteiger partial charge in [0.2, 0.25) is 12.5 Å². The van der Waals surface area contributed by atoms with Gasteiger partial charge in [-0.25, -0.2) is 0 Å². The number of benzene rings is 3. The van der Waals surface area contributed by atoms with Crippen LogP contribution < -0.4 is 19.5 Å². The number of para-hydroxylation sites is 1. The van der Waals surface area contributed by atoms with Crippen molar-refractivity contribution in [2.24, 2.45) is 0 Å². The lowest BCUT2D eigenvalue weighted by Crippen LogP contribution is -2.44. The van der Waals surface area contributed by atoms with E-state index in [1.54, 1.807) is 0 Å². The normalized spacial score (nSPS) is 18.0. The monoisotopic (exact) mass is 513 g/mol. The van der Waals surface area contributed by atoms with Crippen LogP contribution in [0.4, 0.5) is 5.69 Å². The number of nitrogens with zero attached hydrogens (tertiary/aromatic N) is 1. The van der Waals surface area contributed by atoms with Crippen molar-refractivity contribution in [3.05, 3.63) is 93.2 Å². The van der Waals surface area contributed by atoms with E-state index >= 15 is 0 Å². The van der Waals surface area contributed by atoms with Crippen molar-refractivity contribution in [3.63, 3.8) is 0 Å². The number of nitro benzene ring substituents is 1. The summed E-state index contributed by atoms with van der Waals surface area (Å²) in [5.74, 6) is 0.525. The second-order valence-electron chi connectivity index (χ2n) is 9.12. The number of carbonyl (C=O) groups excluding carboxylic acids is 1. The molecule has 3 N–H and O–H groups in total. The smallest absolute Gasteiger partial charge is 0.315 e. The Labute approximate surface area is 216 Å². The number of ether oxygens (including phenoxy) is 3. The predicted octanol–water partition coefficient (Wildman–Crippen LogP) is 4.41. The van der Waals surface area contributed by atoms with E-state index in [1.807, 2.05) is 42.5 Å². The number of aromatic hydroxyl groups is 1. The molecule has 0 fully saturated rings. The number of fused-ring (bicyclic) bond motifs is 4. The van der Waals surface area contributed by atoms with Gasteiger partial charge in [-0.05, 0) is 53.5 Å². The molecule has 10 heteroatoms. The summed E-state index contributed by atoms with van der Waals surface area (Å²) in [4.78, 5) is 27.6. The standard InChI is InChI=1S/C28H23N3O7/c1-36-25-11-15(10-21(28(25)33)31(34)35)6-8-22(32)20-13-18-17-4-2-3-5-19(17)29-27(18)26(30-20)16-7-9-23-24(12-16)38-14-37-23/h2-12,20,26,29-30,33H,13-14H2,1H3. The van der Waals surface area contributed by atoms with Crippen molar-refractivity contribution < 1.29 is 29.0 Å². The Bertz CT molecular complexity index is 1620. The van der Waals surface area contributed by atoms with Gasteiger partial charge in [-0.1, -0.05) is 30.3 Å². The molecule has 3 heterocycles. The largest absolute Gasteiger partial charge is 0.500 e. The summed E-state index contributed by atoms with van der Waals surface area (Å²) >= 11 is 0. The molecule has 2 unspecified atom stereocenters. The zero-order valence-electron chi connectivity index (χ0n) is 20.3. The molecule has 3 aromatic carbocycles. The van der Waals surface area contributed by atoms with Gasteiger partial charge in [-0.3, -0.25) is 20.2 Å². The van der Waals surface area contributed by atoms with Crippen molar-refractivity contribution in [1.29, 1.82) is 0 Å². The first-order valence-electron chi connectivity index (χ1n) is 12.0. The number of H-pyrrole nitrogens is 1. The van der Waals surface area contributed by atoms with E-state index in [4.69, 9.17) is 14.2 Å². The summed E-state index contributed by atoms with van der Waals surface area (Å²) in [6, 6.07) is 15.5. The van der Waals surface area contributed by atoms with Crippen LogP contribution >= 0.6 is 0 Å². The highest BCUT2D eigenvalue weighted by Crippen LogP contribution is 2.40. The predicted molar refractivity (Wildman–Crippen MR) is 139 cm³/mol. The fourth-order valence-corrected chi connectivity index (χ4v) is 5.07. The Morgan fingerprint density at radius 2 is 1.97 bits per heavy atom. The number of aromatic amines is 1. The summed E-state index contributed by atoms with van der Waals surface area (Å²) < 4.78 is 16.1. The Hall–Kier alpha value is -4.83. The van der Waals surface area contributed by atoms with Gasteiger partial charge in [0.1, 0.15) is 0 Å². The van der Waals surface area contributed by atoms with Crippen LogP contribution in [0.2, 0.25) is 0 Å². The Balaban J connectivity index is 1.35. The van der Waals surface area contributed by atoms with Crippen LogP contribution in [0.3, 0.4) is 0 Å². The average molecular weight is 514 g/mol. The van der Waals surface area contributed by atoms with Crippen LogP contribution in [0.25, 0.3) is 17.0 Å². The molecule has 0 radical (unpaired) electrons. The molecule has 0 spiro atoms. The van der Waals surface area contributed by atoms with E-state index < -0.39 is 22.4 Å². The number of phenolic OH excluding ortho intramolecular Hbond substituents is 1. The minimum absolute atomic E-state index is 0.0478. The van der Waals surface area contributed by atoms with Crippen molar-refractivity contribution in [1.82, 2.24) is 10.3 Å². The number of carbonyl (C=O) groups is 1. The van der Waals surface area contributed by atoms with Gasteiger partial charge in [0, 0.05) is 22.7 Å². The molecule has 10 nitrogen and oxygen atoms in total. The SMILES string of the molecule is COc1cc(C=CC(=O)C2Cc3c([nH]c4ccccc34)C(c3ccc4c(c3)OCO4)N2)cc([N+](=O)[O-])c1O. The van der Waals surface area contributed by atoms with Gasteiger partial charge >= 0.3 is 5.69 Å². The lowest BCUT2D eigenvalue weighted by Gasteiger charge is -2.30. The van der Waals surface area contributed by atoms with Gasteiger partial charge in [-0.2, -0.15) is 0 Å². The zero-order chi connectivity index (χ0) is 26.4. The molecule has 4 aromatic rings. The molecular formula is C28H23N3O7. The van der Waals surface area contributed by atoms with E-state index in [1.165, 1.54) is 31.4 Å². The first-order chi connectivity index (χ1) is 18.4. The van der Waals surface area contributed by atoms with Crippen LogP contribution in [0.5, 0.6) is 23.0 Å². The summed E-state index contributed by atoms with van der Waals surface area (Å²) in [6.07, 6.45) is 3.34. The molecule has 0 aliphatic carbocycles. The lowest BCUT2D eigenvalue weighted by molar-refractivity contribution is -0.386.